The van der Waals surface area contributed by atoms with Crippen molar-refractivity contribution in [1.82, 2.24) is 9.38 Å². The number of benzene rings is 1. The summed E-state index contributed by atoms with van der Waals surface area (Å²) in [5.74, 6) is 3.24. The summed E-state index contributed by atoms with van der Waals surface area (Å²) in [5, 5.41) is 3.29. The van der Waals surface area contributed by atoms with Gasteiger partial charge in [-0.05, 0) is 36.4 Å². The van der Waals surface area contributed by atoms with E-state index in [-0.39, 0.29) is 0 Å². The number of fused-ring (bicyclic) bond motifs is 1. The van der Waals surface area contributed by atoms with Crippen molar-refractivity contribution < 1.29 is 8.42 Å². The lowest BCUT2D eigenvalue weighted by molar-refractivity contribution is 0.602. The molecule has 0 atom stereocenters. The van der Waals surface area contributed by atoms with Gasteiger partial charge in [-0.3, -0.25) is 4.40 Å². The third-order valence-electron chi connectivity index (χ3n) is 3.66. The van der Waals surface area contributed by atoms with E-state index in [1.54, 1.807) is 30.5 Å². The maximum atomic E-state index is 11.6. The Morgan fingerprint density at radius 2 is 1.81 bits per heavy atom. The highest BCUT2D eigenvalue weighted by molar-refractivity contribution is 7.90. The number of anilines is 2. The first-order chi connectivity index (χ1) is 12.1. The predicted molar refractivity (Wildman–Crippen MR) is 108 cm³/mol. The molecule has 26 heavy (non-hydrogen) atoms. The Hall–Kier alpha value is -2.56. The molecule has 0 fully saturated rings. The minimum absolute atomic E-state index is 0.297. The van der Waals surface area contributed by atoms with E-state index >= 15 is 0 Å². The molecule has 0 amide bonds. The number of imidazole rings is 1. The second-order valence-corrected chi connectivity index (χ2v) is 13.9. The Morgan fingerprint density at radius 3 is 2.42 bits per heavy atom. The van der Waals surface area contributed by atoms with Crippen LogP contribution in [0.3, 0.4) is 0 Å². The first kappa shape index (κ1) is 18.2. The van der Waals surface area contributed by atoms with E-state index in [1.807, 2.05) is 22.7 Å². The van der Waals surface area contributed by atoms with Crippen LogP contribution in [0.1, 0.15) is 5.69 Å². The number of nitrogens with zero attached hydrogens (tertiary/aromatic N) is 2. The van der Waals surface area contributed by atoms with Crippen LogP contribution in [0.4, 0.5) is 11.4 Å². The summed E-state index contributed by atoms with van der Waals surface area (Å²) in [6.45, 7) is 6.61. The normalized spacial score (nSPS) is 11.8. The fourth-order valence-electron chi connectivity index (χ4n) is 2.39. The average Bonchev–Trinajstić information content (AvgIpc) is 2.96. The number of nitrogens with one attached hydrogen (secondary N) is 1. The van der Waals surface area contributed by atoms with Crippen molar-refractivity contribution in [1.29, 1.82) is 0 Å². The molecule has 2 aromatic heterocycles. The SMILES string of the molecule is C[Si](C)(C)C#Cc1cnc2c(Nc3ccc(S(C)(=O)=O)cc3)cccn12. The summed E-state index contributed by atoms with van der Waals surface area (Å²) in [7, 11) is -4.66. The van der Waals surface area contributed by atoms with Crippen LogP contribution in [-0.4, -0.2) is 32.1 Å². The molecular weight excluding hydrogens is 362 g/mol. The number of pyridine rings is 1. The van der Waals surface area contributed by atoms with Gasteiger partial charge >= 0.3 is 0 Å². The van der Waals surface area contributed by atoms with Crippen LogP contribution in [0.25, 0.3) is 5.65 Å². The number of hydrogen-bond donors (Lipinski definition) is 1. The molecule has 0 aliphatic heterocycles. The molecule has 0 radical (unpaired) electrons. The molecule has 5 nitrogen and oxygen atoms in total. The molecule has 0 saturated carbocycles. The average molecular weight is 384 g/mol. The fraction of sp³-hybridized carbons (Fsp3) is 0.211. The van der Waals surface area contributed by atoms with Gasteiger partial charge in [0.25, 0.3) is 0 Å². The van der Waals surface area contributed by atoms with Crippen LogP contribution in [-0.2, 0) is 9.84 Å². The second-order valence-electron chi connectivity index (χ2n) is 7.18. The van der Waals surface area contributed by atoms with Gasteiger partial charge in [0.2, 0.25) is 0 Å². The summed E-state index contributed by atoms with van der Waals surface area (Å²) in [6, 6.07) is 10.5. The molecule has 1 aromatic carbocycles. The summed E-state index contributed by atoms with van der Waals surface area (Å²) in [4.78, 5) is 4.79. The van der Waals surface area contributed by atoms with Gasteiger partial charge in [0, 0.05) is 18.1 Å². The lowest BCUT2D eigenvalue weighted by atomic mass is 10.3. The Bertz CT molecular complexity index is 1120. The Morgan fingerprint density at radius 1 is 1.12 bits per heavy atom. The molecule has 1 N–H and O–H groups in total. The molecule has 7 heteroatoms. The minimum Gasteiger partial charge on any atom is -0.352 e. The van der Waals surface area contributed by atoms with Crippen molar-refractivity contribution in [3.63, 3.8) is 0 Å². The van der Waals surface area contributed by atoms with Gasteiger partial charge in [-0.15, -0.1) is 5.54 Å². The molecule has 3 rings (SSSR count). The Kier molecular flexibility index (Phi) is 4.65. The van der Waals surface area contributed by atoms with Gasteiger partial charge in [-0.2, -0.15) is 0 Å². The third-order valence-corrected chi connectivity index (χ3v) is 5.67. The summed E-state index contributed by atoms with van der Waals surface area (Å²) < 4.78 is 25.1. The molecule has 134 valence electrons. The van der Waals surface area contributed by atoms with E-state index in [0.717, 1.165) is 22.7 Å². The van der Waals surface area contributed by atoms with Crippen LogP contribution >= 0.6 is 0 Å². The minimum atomic E-state index is -3.20. The number of aromatic nitrogens is 2. The first-order valence-corrected chi connectivity index (χ1v) is 13.6. The zero-order chi connectivity index (χ0) is 18.9. The zero-order valence-corrected chi connectivity index (χ0v) is 17.1. The molecule has 0 aliphatic rings. The van der Waals surface area contributed by atoms with Crippen molar-refractivity contribution in [2.75, 3.05) is 11.6 Å². The molecule has 0 bridgehead atoms. The van der Waals surface area contributed by atoms with E-state index in [4.69, 9.17) is 0 Å². The van der Waals surface area contributed by atoms with E-state index in [0.29, 0.717) is 4.90 Å². The van der Waals surface area contributed by atoms with Crippen molar-refractivity contribution in [3.05, 3.63) is 54.5 Å². The topological polar surface area (TPSA) is 63.5 Å². The van der Waals surface area contributed by atoms with Crippen LogP contribution in [0, 0.1) is 11.5 Å². The predicted octanol–water partition coefficient (Wildman–Crippen LogP) is 3.71. The van der Waals surface area contributed by atoms with Crippen molar-refractivity contribution >= 4 is 34.9 Å². The number of hydrogen-bond acceptors (Lipinski definition) is 4. The fourth-order valence-corrected chi connectivity index (χ4v) is 3.53. The van der Waals surface area contributed by atoms with Gasteiger partial charge in [0.1, 0.15) is 13.8 Å². The quantitative estimate of drug-likeness (QED) is 0.553. The molecule has 3 aromatic rings. The smallest absolute Gasteiger partial charge is 0.175 e. The van der Waals surface area contributed by atoms with Gasteiger partial charge < -0.3 is 5.32 Å². The lowest BCUT2D eigenvalue weighted by Crippen LogP contribution is -2.16. The molecule has 0 saturated heterocycles. The Labute approximate surface area is 155 Å². The first-order valence-electron chi connectivity index (χ1n) is 8.20. The van der Waals surface area contributed by atoms with Gasteiger partial charge in [-0.25, -0.2) is 13.4 Å². The summed E-state index contributed by atoms with van der Waals surface area (Å²) in [6.07, 6.45) is 4.92. The van der Waals surface area contributed by atoms with Crippen molar-refractivity contribution in [2.45, 2.75) is 24.5 Å². The molecule has 0 unspecified atom stereocenters. The van der Waals surface area contributed by atoms with E-state index < -0.39 is 17.9 Å². The van der Waals surface area contributed by atoms with E-state index in [9.17, 15) is 8.42 Å². The largest absolute Gasteiger partial charge is 0.352 e. The van der Waals surface area contributed by atoms with Gasteiger partial charge in [0.05, 0.1) is 16.8 Å². The maximum Gasteiger partial charge on any atom is 0.175 e. The van der Waals surface area contributed by atoms with Crippen LogP contribution < -0.4 is 5.32 Å². The molecule has 0 aliphatic carbocycles. The van der Waals surface area contributed by atoms with E-state index in [2.05, 4.69) is 41.4 Å². The summed E-state index contributed by atoms with van der Waals surface area (Å²) in [5.41, 5.74) is 6.62. The summed E-state index contributed by atoms with van der Waals surface area (Å²) >= 11 is 0. The lowest BCUT2D eigenvalue weighted by Gasteiger charge is -2.09. The number of sulfone groups is 1. The van der Waals surface area contributed by atoms with Gasteiger partial charge in [-0.1, -0.05) is 25.6 Å². The standard InChI is InChI=1S/C19H21N3O2SSi/c1-25(23,24)17-9-7-15(8-10-17)21-18-6-5-12-22-16(14-20-19(18)22)11-13-26(2,3)4/h5-10,12,14,21H,1-4H3. The van der Waals surface area contributed by atoms with E-state index in [1.165, 1.54) is 6.26 Å². The van der Waals surface area contributed by atoms with Crippen molar-refractivity contribution in [3.8, 4) is 11.5 Å². The highest BCUT2D eigenvalue weighted by Gasteiger charge is 2.10. The van der Waals surface area contributed by atoms with Crippen LogP contribution in [0.15, 0.2) is 53.7 Å². The second kappa shape index (κ2) is 6.63. The van der Waals surface area contributed by atoms with Crippen LogP contribution in [0.5, 0.6) is 0 Å². The highest BCUT2D eigenvalue weighted by Crippen LogP contribution is 2.23. The zero-order valence-electron chi connectivity index (χ0n) is 15.2. The monoisotopic (exact) mass is 383 g/mol. The molecular formula is C19H21N3O2SSi. The number of rotatable bonds is 3. The molecule has 2 heterocycles. The Balaban J connectivity index is 1.94. The highest BCUT2D eigenvalue weighted by atomic mass is 32.2. The van der Waals surface area contributed by atoms with Crippen LogP contribution in [0.2, 0.25) is 19.6 Å². The maximum absolute atomic E-state index is 11.6. The van der Waals surface area contributed by atoms with Gasteiger partial charge in [0.15, 0.2) is 15.5 Å². The molecule has 0 spiro atoms. The van der Waals surface area contributed by atoms with Crippen molar-refractivity contribution in [2.24, 2.45) is 0 Å². The third kappa shape index (κ3) is 4.15.